The highest BCUT2D eigenvalue weighted by Crippen LogP contribution is 2.22. The smallest absolute Gasteiger partial charge is 0.245 e. The van der Waals surface area contributed by atoms with Gasteiger partial charge in [0.2, 0.25) is 10.0 Å². The summed E-state index contributed by atoms with van der Waals surface area (Å²) in [4.78, 5) is 4.44. The van der Waals surface area contributed by atoms with Crippen molar-refractivity contribution in [1.82, 2.24) is 9.29 Å². The summed E-state index contributed by atoms with van der Waals surface area (Å²) < 4.78 is 26.9. The zero-order valence-electron chi connectivity index (χ0n) is 14.0. The van der Waals surface area contributed by atoms with E-state index in [1.54, 1.807) is 12.1 Å². The van der Waals surface area contributed by atoms with Crippen LogP contribution < -0.4 is 5.32 Å². The third-order valence-corrected chi connectivity index (χ3v) is 5.07. The molecule has 0 aromatic carbocycles. The molecule has 0 spiro atoms. The molecule has 0 radical (unpaired) electrons. The summed E-state index contributed by atoms with van der Waals surface area (Å²) in [5.74, 6) is 0.669. The van der Waals surface area contributed by atoms with Crippen LogP contribution in [-0.4, -0.2) is 35.3 Å². The largest absolute Gasteiger partial charge is 0.365 e. The van der Waals surface area contributed by atoms with Gasteiger partial charge in [-0.2, -0.15) is 4.31 Å². The fourth-order valence-corrected chi connectivity index (χ4v) is 4.04. The predicted molar refractivity (Wildman–Crippen MR) is 86.9 cm³/mol. The Bertz CT molecular complexity index is 550. The van der Waals surface area contributed by atoms with E-state index in [1.165, 1.54) is 10.5 Å². The van der Waals surface area contributed by atoms with E-state index in [0.29, 0.717) is 5.82 Å². The third-order valence-electron chi connectivity index (χ3n) is 2.83. The van der Waals surface area contributed by atoms with Crippen LogP contribution in [0, 0.1) is 0 Å². The van der Waals surface area contributed by atoms with Crippen LogP contribution >= 0.6 is 0 Å². The van der Waals surface area contributed by atoms with E-state index in [0.717, 1.165) is 0 Å². The molecule has 0 aliphatic rings. The predicted octanol–water partition coefficient (Wildman–Crippen LogP) is 3.10. The van der Waals surface area contributed by atoms with Crippen molar-refractivity contribution in [3.63, 3.8) is 0 Å². The van der Waals surface area contributed by atoms with Crippen molar-refractivity contribution in [2.75, 3.05) is 5.32 Å². The highest BCUT2D eigenvalue weighted by atomic mass is 32.2. The molecule has 0 amide bonds. The Balaban J connectivity index is 3.10. The van der Waals surface area contributed by atoms with Crippen molar-refractivity contribution >= 4 is 15.8 Å². The van der Waals surface area contributed by atoms with Crippen LogP contribution in [0.15, 0.2) is 23.2 Å². The minimum Gasteiger partial charge on any atom is -0.365 e. The van der Waals surface area contributed by atoms with Gasteiger partial charge in [-0.3, -0.25) is 0 Å². The van der Waals surface area contributed by atoms with E-state index in [2.05, 4.69) is 10.3 Å². The van der Waals surface area contributed by atoms with Crippen molar-refractivity contribution in [3.8, 4) is 0 Å². The first-order chi connectivity index (χ1) is 9.45. The molecular weight excluding hydrogens is 286 g/mol. The summed E-state index contributed by atoms with van der Waals surface area (Å²) in [6, 6.07) is 3.12. The first-order valence-electron chi connectivity index (χ1n) is 7.23. The Kier molecular flexibility index (Phi) is 5.39. The molecule has 0 aliphatic heterocycles. The van der Waals surface area contributed by atoms with Crippen LogP contribution in [-0.2, 0) is 10.0 Å². The Morgan fingerprint density at radius 3 is 1.95 bits per heavy atom. The lowest BCUT2D eigenvalue weighted by Gasteiger charge is -2.29. The minimum atomic E-state index is -3.52. The summed E-state index contributed by atoms with van der Waals surface area (Å²) in [5, 5.41) is 3.21. The summed E-state index contributed by atoms with van der Waals surface area (Å²) >= 11 is 0. The van der Waals surface area contributed by atoms with Crippen LogP contribution in [0.2, 0.25) is 0 Å². The van der Waals surface area contributed by atoms with Gasteiger partial charge in [-0.15, -0.1) is 0 Å². The van der Waals surface area contributed by atoms with Gasteiger partial charge >= 0.3 is 0 Å². The number of hydrogen-bond acceptors (Lipinski definition) is 4. The molecule has 1 aromatic rings. The van der Waals surface area contributed by atoms with Gasteiger partial charge in [-0.05, 0) is 60.6 Å². The van der Waals surface area contributed by atoms with Crippen LogP contribution in [0.25, 0.3) is 0 Å². The maximum absolute atomic E-state index is 12.7. The minimum absolute atomic E-state index is 0.0950. The first-order valence-corrected chi connectivity index (χ1v) is 8.67. The molecule has 1 N–H and O–H groups in total. The van der Waals surface area contributed by atoms with Crippen molar-refractivity contribution in [3.05, 3.63) is 18.3 Å². The van der Waals surface area contributed by atoms with E-state index in [1.807, 2.05) is 48.5 Å². The number of anilines is 1. The van der Waals surface area contributed by atoms with Crippen LogP contribution in [0.5, 0.6) is 0 Å². The quantitative estimate of drug-likeness (QED) is 0.907. The summed E-state index contributed by atoms with van der Waals surface area (Å²) in [6.45, 7) is 13.6. The lowest BCUT2D eigenvalue weighted by Crippen LogP contribution is -2.41. The Morgan fingerprint density at radius 1 is 1.10 bits per heavy atom. The summed E-state index contributed by atoms with van der Waals surface area (Å²) in [6.07, 6.45) is 1.42. The maximum atomic E-state index is 12.7. The van der Waals surface area contributed by atoms with Crippen molar-refractivity contribution in [2.24, 2.45) is 0 Å². The van der Waals surface area contributed by atoms with Gasteiger partial charge in [-0.25, -0.2) is 13.4 Å². The highest BCUT2D eigenvalue weighted by molar-refractivity contribution is 7.89. The van der Waals surface area contributed by atoms with Gasteiger partial charge in [0, 0.05) is 23.8 Å². The van der Waals surface area contributed by atoms with Crippen LogP contribution in [0.1, 0.15) is 48.5 Å². The fourth-order valence-electron chi connectivity index (χ4n) is 2.26. The number of sulfonamides is 1. The second-order valence-electron chi connectivity index (χ2n) is 6.78. The van der Waals surface area contributed by atoms with Crippen molar-refractivity contribution in [1.29, 1.82) is 0 Å². The molecule has 0 saturated heterocycles. The first kappa shape index (κ1) is 17.9. The number of aromatic nitrogens is 1. The molecule has 1 aromatic heterocycles. The number of rotatable bonds is 5. The van der Waals surface area contributed by atoms with Crippen LogP contribution in [0.3, 0.4) is 0 Å². The average molecular weight is 313 g/mol. The van der Waals surface area contributed by atoms with E-state index < -0.39 is 10.0 Å². The second kappa shape index (κ2) is 6.32. The van der Waals surface area contributed by atoms with Gasteiger partial charge in [0.1, 0.15) is 10.7 Å². The lowest BCUT2D eigenvalue weighted by atomic mass is 10.1. The van der Waals surface area contributed by atoms with Gasteiger partial charge in [0.15, 0.2) is 0 Å². The van der Waals surface area contributed by atoms with E-state index in [9.17, 15) is 8.42 Å². The monoisotopic (exact) mass is 313 g/mol. The number of nitrogens with one attached hydrogen (secondary N) is 1. The Morgan fingerprint density at radius 2 is 1.62 bits per heavy atom. The molecule has 5 nitrogen and oxygen atoms in total. The van der Waals surface area contributed by atoms with E-state index >= 15 is 0 Å². The van der Waals surface area contributed by atoms with Gasteiger partial charge in [0.05, 0.1) is 0 Å². The maximum Gasteiger partial charge on any atom is 0.245 e. The average Bonchev–Trinajstić information content (AvgIpc) is 2.25. The van der Waals surface area contributed by atoms with Crippen molar-refractivity contribution in [2.45, 2.75) is 71.0 Å². The molecule has 120 valence electrons. The normalized spacial score (nSPS) is 13.2. The molecule has 0 saturated carbocycles. The standard InChI is InChI=1S/C15H27N3O2S/c1-11(2)18(12(3)4)21(19,20)13-8-9-14(16-10-13)17-15(5,6)7/h8-12H,1-7H3,(H,16,17). The highest BCUT2D eigenvalue weighted by Gasteiger charge is 2.29. The van der Waals surface area contributed by atoms with E-state index in [4.69, 9.17) is 0 Å². The summed E-state index contributed by atoms with van der Waals surface area (Å²) in [7, 11) is -3.52. The van der Waals surface area contributed by atoms with Gasteiger partial charge < -0.3 is 5.32 Å². The Hall–Kier alpha value is -1.14. The topological polar surface area (TPSA) is 62.3 Å². The summed E-state index contributed by atoms with van der Waals surface area (Å²) in [5.41, 5.74) is -0.116. The van der Waals surface area contributed by atoms with E-state index in [-0.39, 0.29) is 22.5 Å². The Labute approximate surface area is 128 Å². The van der Waals surface area contributed by atoms with Gasteiger partial charge in [0.25, 0.3) is 0 Å². The second-order valence-corrected chi connectivity index (χ2v) is 8.62. The number of pyridine rings is 1. The molecule has 0 aliphatic carbocycles. The molecule has 0 bridgehead atoms. The SMILES string of the molecule is CC(C)N(C(C)C)S(=O)(=O)c1ccc(NC(C)(C)C)nc1. The molecular formula is C15H27N3O2S. The molecule has 0 fully saturated rings. The van der Waals surface area contributed by atoms with Crippen molar-refractivity contribution < 1.29 is 8.42 Å². The number of nitrogens with zero attached hydrogens (tertiary/aromatic N) is 2. The third kappa shape index (κ3) is 4.68. The molecule has 0 unspecified atom stereocenters. The lowest BCUT2D eigenvalue weighted by molar-refractivity contribution is 0.302. The number of hydrogen-bond donors (Lipinski definition) is 1. The zero-order chi connectivity index (χ0) is 16.4. The fraction of sp³-hybridized carbons (Fsp3) is 0.667. The zero-order valence-corrected chi connectivity index (χ0v) is 14.8. The van der Waals surface area contributed by atoms with Crippen LogP contribution in [0.4, 0.5) is 5.82 Å². The molecule has 0 atom stereocenters. The molecule has 6 heteroatoms. The molecule has 1 heterocycles. The van der Waals surface area contributed by atoms with Gasteiger partial charge in [-0.1, -0.05) is 0 Å². The molecule has 1 rings (SSSR count). The molecule has 21 heavy (non-hydrogen) atoms.